The summed E-state index contributed by atoms with van der Waals surface area (Å²) in [5.41, 5.74) is 1.19. The Kier molecular flexibility index (Phi) is 4.38. The number of hydrogen-bond acceptors (Lipinski definition) is 4. The Balaban J connectivity index is 1.40. The second kappa shape index (κ2) is 6.61. The van der Waals surface area contributed by atoms with Crippen molar-refractivity contribution in [1.82, 2.24) is 24.9 Å². The summed E-state index contributed by atoms with van der Waals surface area (Å²) >= 11 is 0. The van der Waals surface area contributed by atoms with Crippen molar-refractivity contribution in [2.75, 3.05) is 19.6 Å². The van der Waals surface area contributed by atoms with Gasteiger partial charge in [-0.15, -0.1) is 5.10 Å². The van der Waals surface area contributed by atoms with Gasteiger partial charge >= 0.3 is 0 Å². The van der Waals surface area contributed by atoms with Crippen LogP contribution < -0.4 is 0 Å². The van der Waals surface area contributed by atoms with Crippen LogP contribution in [0, 0.1) is 5.92 Å². The Morgan fingerprint density at radius 2 is 2.05 bits per heavy atom. The van der Waals surface area contributed by atoms with Crippen LogP contribution in [0.5, 0.6) is 0 Å². The van der Waals surface area contributed by atoms with Gasteiger partial charge in [-0.1, -0.05) is 11.3 Å². The van der Waals surface area contributed by atoms with Crippen molar-refractivity contribution < 1.29 is 0 Å². The van der Waals surface area contributed by atoms with Crippen molar-refractivity contribution in [3.63, 3.8) is 0 Å². The van der Waals surface area contributed by atoms with Gasteiger partial charge in [0.15, 0.2) is 0 Å². The van der Waals surface area contributed by atoms with Crippen LogP contribution in [0.2, 0.25) is 0 Å². The summed E-state index contributed by atoms with van der Waals surface area (Å²) in [5.74, 6) is 0.739. The molecule has 0 unspecified atom stereocenters. The summed E-state index contributed by atoms with van der Waals surface area (Å²) in [5, 5.41) is 7.91. The highest BCUT2D eigenvalue weighted by atomic mass is 15.4. The molecule has 0 N–H and O–H groups in total. The van der Waals surface area contributed by atoms with E-state index in [1.807, 2.05) is 23.1 Å². The maximum atomic E-state index is 4.38. The molecule has 5 heteroatoms. The van der Waals surface area contributed by atoms with E-state index >= 15 is 0 Å². The molecular weight excluding hydrogens is 250 g/mol. The van der Waals surface area contributed by atoms with Gasteiger partial charge in [0, 0.05) is 37.6 Å². The smallest absolute Gasteiger partial charge is 0.0692 e. The van der Waals surface area contributed by atoms with Crippen molar-refractivity contribution in [3.8, 4) is 0 Å². The maximum Gasteiger partial charge on any atom is 0.0692 e. The molecule has 3 rings (SSSR count). The van der Waals surface area contributed by atoms with E-state index in [-0.39, 0.29) is 0 Å². The first kappa shape index (κ1) is 13.2. The molecule has 1 saturated heterocycles. The second-order valence-corrected chi connectivity index (χ2v) is 5.48. The average Bonchev–Trinajstić information content (AvgIpc) is 3.01. The number of likely N-dealkylation sites (tertiary alicyclic amines) is 1. The van der Waals surface area contributed by atoms with Crippen molar-refractivity contribution in [2.24, 2.45) is 5.92 Å². The molecule has 5 nitrogen and oxygen atoms in total. The third kappa shape index (κ3) is 3.63. The molecule has 0 bridgehead atoms. The van der Waals surface area contributed by atoms with E-state index in [1.165, 1.54) is 31.6 Å². The first-order valence-electron chi connectivity index (χ1n) is 7.36. The molecular formula is C15H21N5. The van der Waals surface area contributed by atoms with Gasteiger partial charge in [0.1, 0.15) is 0 Å². The number of nitrogens with zero attached hydrogens (tertiary/aromatic N) is 5. The quantitative estimate of drug-likeness (QED) is 0.829. The normalized spacial score (nSPS) is 17.4. The molecule has 1 fully saturated rings. The molecule has 0 atom stereocenters. The molecule has 0 aliphatic carbocycles. The molecule has 2 aromatic rings. The predicted octanol–water partition coefficient (Wildman–Crippen LogP) is 1.63. The molecule has 0 amide bonds. The van der Waals surface area contributed by atoms with E-state index in [2.05, 4.69) is 32.3 Å². The van der Waals surface area contributed by atoms with Crippen LogP contribution in [0.3, 0.4) is 0 Å². The summed E-state index contributed by atoms with van der Waals surface area (Å²) < 4.78 is 1.95. The Labute approximate surface area is 119 Å². The molecule has 1 aliphatic rings. The molecule has 3 heterocycles. The first-order chi connectivity index (χ1) is 9.90. The molecule has 2 aromatic heterocycles. The van der Waals surface area contributed by atoms with Gasteiger partial charge in [-0.25, -0.2) is 0 Å². The zero-order chi connectivity index (χ0) is 13.6. The number of aromatic nitrogens is 4. The highest BCUT2D eigenvalue weighted by Crippen LogP contribution is 2.18. The Bertz CT molecular complexity index is 488. The van der Waals surface area contributed by atoms with Crippen LogP contribution in [-0.4, -0.2) is 44.5 Å². The molecule has 0 aromatic carbocycles. The van der Waals surface area contributed by atoms with E-state index < -0.39 is 0 Å². The third-order valence-corrected chi connectivity index (χ3v) is 4.03. The first-order valence-corrected chi connectivity index (χ1v) is 7.36. The zero-order valence-electron chi connectivity index (χ0n) is 11.7. The fourth-order valence-corrected chi connectivity index (χ4v) is 2.81. The van der Waals surface area contributed by atoms with E-state index in [4.69, 9.17) is 0 Å². The number of piperidine rings is 1. The van der Waals surface area contributed by atoms with Gasteiger partial charge < -0.3 is 4.90 Å². The molecule has 0 spiro atoms. The van der Waals surface area contributed by atoms with Gasteiger partial charge in [-0.05, 0) is 44.0 Å². The van der Waals surface area contributed by atoms with Crippen LogP contribution in [0.25, 0.3) is 0 Å². The highest BCUT2D eigenvalue weighted by Gasteiger charge is 2.19. The van der Waals surface area contributed by atoms with Crippen LogP contribution in [0.4, 0.5) is 0 Å². The van der Waals surface area contributed by atoms with Gasteiger partial charge in [0.2, 0.25) is 0 Å². The summed E-state index contributed by atoms with van der Waals surface area (Å²) in [4.78, 5) is 6.93. The second-order valence-electron chi connectivity index (χ2n) is 5.48. The van der Waals surface area contributed by atoms with E-state index in [0.29, 0.717) is 0 Å². The molecule has 106 valence electrons. The lowest BCUT2D eigenvalue weighted by atomic mass is 9.96. The largest absolute Gasteiger partial charge is 0.303 e. The molecule has 1 aliphatic heterocycles. The highest BCUT2D eigenvalue weighted by molar-refractivity contribution is 5.03. The summed E-state index contributed by atoms with van der Waals surface area (Å²) in [7, 11) is 0. The van der Waals surface area contributed by atoms with E-state index in [1.54, 1.807) is 6.20 Å². The van der Waals surface area contributed by atoms with Crippen LogP contribution in [-0.2, 0) is 13.0 Å². The van der Waals surface area contributed by atoms with Gasteiger partial charge in [-0.3, -0.25) is 9.67 Å². The minimum Gasteiger partial charge on any atom is -0.303 e. The van der Waals surface area contributed by atoms with Gasteiger partial charge in [0.25, 0.3) is 0 Å². The van der Waals surface area contributed by atoms with Crippen molar-refractivity contribution >= 4 is 0 Å². The monoisotopic (exact) mass is 271 g/mol. The van der Waals surface area contributed by atoms with Crippen molar-refractivity contribution in [1.29, 1.82) is 0 Å². The SMILES string of the molecule is c1ccc(CCN2CCC(Cn3ccnn3)CC2)nc1. The molecule has 20 heavy (non-hydrogen) atoms. The number of pyridine rings is 1. The molecule has 0 radical (unpaired) electrons. The zero-order valence-corrected chi connectivity index (χ0v) is 11.7. The van der Waals surface area contributed by atoms with Gasteiger partial charge in [0.05, 0.1) is 6.20 Å². The lowest BCUT2D eigenvalue weighted by molar-refractivity contribution is 0.172. The Morgan fingerprint density at radius 3 is 2.75 bits per heavy atom. The van der Waals surface area contributed by atoms with Crippen LogP contribution in [0.15, 0.2) is 36.8 Å². The van der Waals surface area contributed by atoms with E-state index in [0.717, 1.165) is 25.4 Å². The lowest BCUT2D eigenvalue weighted by Gasteiger charge is -2.31. The Hall–Kier alpha value is -1.75. The van der Waals surface area contributed by atoms with Crippen LogP contribution >= 0.6 is 0 Å². The number of rotatable bonds is 5. The van der Waals surface area contributed by atoms with Crippen molar-refractivity contribution in [3.05, 3.63) is 42.5 Å². The van der Waals surface area contributed by atoms with Crippen molar-refractivity contribution in [2.45, 2.75) is 25.8 Å². The third-order valence-electron chi connectivity index (χ3n) is 4.03. The average molecular weight is 271 g/mol. The number of hydrogen-bond donors (Lipinski definition) is 0. The van der Waals surface area contributed by atoms with Crippen LogP contribution in [0.1, 0.15) is 18.5 Å². The summed E-state index contributed by atoms with van der Waals surface area (Å²) in [6.45, 7) is 4.50. The predicted molar refractivity (Wildman–Crippen MR) is 77.1 cm³/mol. The minimum absolute atomic E-state index is 0.739. The fourth-order valence-electron chi connectivity index (χ4n) is 2.81. The Morgan fingerprint density at radius 1 is 1.15 bits per heavy atom. The lowest BCUT2D eigenvalue weighted by Crippen LogP contribution is -2.36. The standard InChI is InChI=1S/C15H21N5/c1-2-7-16-15(3-1)6-11-19-9-4-14(5-10-19)13-20-12-8-17-18-20/h1-3,7-8,12,14H,4-6,9-11,13H2. The van der Waals surface area contributed by atoms with Gasteiger partial charge in [-0.2, -0.15) is 0 Å². The van der Waals surface area contributed by atoms with E-state index in [9.17, 15) is 0 Å². The molecule has 0 saturated carbocycles. The summed E-state index contributed by atoms with van der Waals surface area (Å²) in [6, 6.07) is 6.14. The fraction of sp³-hybridized carbons (Fsp3) is 0.533. The topological polar surface area (TPSA) is 46.8 Å². The minimum atomic E-state index is 0.739. The summed E-state index contributed by atoms with van der Waals surface area (Å²) in [6.07, 6.45) is 9.13. The maximum absolute atomic E-state index is 4.38.